The van der Waals surface area contributed by atoms with E-state index in [0.717, 1.165) is 45.1 Å². The van der Waals surface area contributed by atoms with Gasteiger partial charge in [0, 0.05) is 31.4 Å². The van der Waals surface area contributed by atoms with Crippen LogP contribution in [0.3, 0.4) is 0 Å². The quantitative estimate of drug-likeness (QED) is 0.812. The van der Waals surface area contributed by atoms with E-state index in [0.29, 0.717) is 12.6 Å². The summed E-state index contributed by atoms with van der Waals surface area (Å²) in [5.41, 5.74) is 2.17. The van der Waals surface area contributed by atoms with E-state index < -0.39 is 0 Å². The maximum atomic E-state index is 12.5. The highest BCUT2D eigenvalue weighted by molar-refractivity contribution is 5.92. The predicted octanol–water partition coefficient (Wildman–Crippen LogP) is 3.11. The monoisotopic (exact) mass is 359 g/mol. The molecule has 1 aliphatic heterocycles. The van der Waals surface area contributed by atoms with Gasteiger partial charge in [0.05, 0.1) is 19.8 Å². The van der Waals surface area contributed by atoms with Gasteiger partial charge in [-0.15, -0.1) is 0 Å². The molecular formula is C21H33N3O2. The predicted molar refractivity (Wildman–Crippen MR) is 105 cm³/mol. The Bertz CT molecular complexity index is 549. The number of morpholine rings is 1. The van der Waals surface area contributed by atoms with Gasteiger partial charge in [-0.1, -0.05) is 38.3 Å². The lowest BCUT2D eigenvalue weighted by atomic mass is 9.94. The van der Waals surface area contributed by atoms with Crippen molar-refractivity contribution < 1.29 is 9.53 Å². The van der Waals surface area contributed by atoms with Gasteiger partial charge in [0.25, 0.3) is 0 Å². The SMILES string of the molecule is CCN(CC(=O)Nc1ccc(CN2CCOCC2)cc1)C1CCCCC1. The topological polar surface area (TPSA) is 44.8 Å². The van der Waals surface area contributed by atoms with Crippen LogP contribution in [0.1, 0.15) is 44.6 Å². The number of ether oxygens (including phenoxy) is 1. The van der Waals surface area contributed by atoms with Crippen LogP contribution < -0.4 is 5.32 Å². The first kappa shape index (κ1) is 19.3. The number of benzene rings is 1. The summed E-state index contributed by atoms with van der Waals surface area (Å²) in [5, 5.41) is 3.06. The van der Waals surface area contributed by atoms with Gasteiger partial charge in [-0.3, -0.25) is 14.6 Å². The molecular weight excluding hydrogens is 326 g/mol. The third kappa shape index (κ3) is 5.79. The Morgan fingerprint density at radius 2 is 1.85 bits per heavy atom. The van der Waals surface area contributed by atoms with Crippen molar-refractivity contribution in [2.75, 3.05) is 44.7 Å². The van der Waals surface area contributed by atoms with Crippen LogP contribution in [0.15, 0.2) is 24.3 Å². The molecule has 26 heavy (non-hydrogen) atoms. The third-order valence-electron chi connectivity index (χ3n) is 5.59. The van der Waals surface area contributed by atoms with Gasteiger partial charge < -0.3 is 10.1 Å². The lowest BCUT2D eigenvalue weighted by molar-refractivity contribution is -0.118. The molecule has 1 N–H and O–H groups in total. The van der Waals surface area contributed by atoms with Crippen LogP contribution in [0.2, 0.25) is 0 Å². The molecule has 0 radical (unpaired) electrons. The van der Waals surface area contributed by atoms with Gasteiger partial charge in [0.15, 0.2) is 0 Å². The molecule has 0 spiro atoms. The average molecular weight is 360 g/mol. The van der Waals surface area contributed by atoms with E-state index in [1.807, 2.05) is 12.1 Å². The number of likely N-dealkylation sites (N-methyl/N-ethyl adjacent to an activating group) is 1. The van der Waals surface area contributed by atoms with Gasteiger partial charge in [-0.25, -0.2) is 0 Å². The molecule has 1 aromatic rings. The number of hydrogen-bond acceptors (Lipinski definition) is 4. The van der Waals surface area contributed by atoms with Gasteiger partial charge in [0.1, 0.15) is 0 Å². The average Bonchev–Trinajstić information content (AvgIpc) is 2.69. The maximum Gasteiger partial charge on any atom is 0.238 e. The zero-order valence-corrected chi connectivity index (χ0v) is 16.1. The number of carbonyl (C=O) groups excluding carboxylic acids is 1. The molecule has 1 saturated carbocycles. The first-order valence-corrected chi connectivity index (χ1v) is 10.2. The van der Waals surface area contributed by atoms with Crippen molar-refractivity contribution >= 4 is 11.6 Å². The molecule has 1 heterocycles. The van der Waals surface area contributed by atoms with E-state index in [1.54, 1.807) is 0 Å². The molecule has 5 heteroatoms. The summed E-state index contributed by atoms with van der Waals surface area (Å²) in [7, 11) is 0. The highest BCUT2D eigenvalue weighted by atomic mass is 16.5. The fourth-order valence-corrected chi connectivity index (χ4v) is 4.04. The highest BCUT2D eigenvalue weighted by Crippen LogP contribution is 2.22. The standard InChI is InChI=1S/C21H33N3O2/c1-2-24(20-6-4-3-5-7-20)17-21(25)22-19-10-8-18(9-11-19)16-23-12-14-26-15-13-23/h8-11,20H,2-7,12-17H2,1H3,(H,22,25). The number of nitrogens with zero attached hydrogens (tertiary/aromatic N) is 2. The molecule has 1 aliphatic carbocycles. The van der Waals surface area contributed by atoms with Gasteiger partial charge in [0.2, 0.25) is 5.91 Å². The molecule has 1 saturated heterocycles. The minimum atomic E-state index is 0.0957. The highest BCUT2D eigenvalue weighted by Gasteiger charge is 2.21. The van der Waals surface area contributed by atoms with Crippen LogP contribution in [0.25, 0.3) is 0 Å². The zero-order chi connectivity index (χ0) is 18.2. The lowest BCUT2D eigenvalue weighted by Gasteiger charge is -2.32. The van der Waals surface area contributed by atoms with Crippen LogP contribution in [0.4, 0.5) is 5.69 Å². The van der Waals surface area contributed by atoms with Gasteiger partial charge >= 0.3 is 0 Å². The van der Waals surface area contributed by atoms with Crippen LogP contribution >= 0.6 is 0 Å². The van der Waals surface area contributed by atoms with E-state index in [-0.39, 0.29) is 5.91 Å². The minimum Gasteiger partial charge on any atom is -0.379 e. The van der Waals surface area contributed by atoms with E-state index in [4.69, 9.17) is 4.74 Å². The lowest BCUT2D eigenvalue weighted by Crippen LogP contribution is -2.41. The van der Waals surface area contributed by atoms with Gasteiger partial charge in [-0.05, 0) is 37.1 Å². The molecule has 3 rings (SSSR count). The van der Waals surface area contributed by atoms with Gasteiger partial charge in [-0.2, -0.15) is 0 Å². The molecule has 2 fully saturated rings. The number of carbonyl (C=O) groups is 1. The number of amides is 1. The molecule has 1 aromatic carbocycles. The number of anilines is 1. The second-order valence-corrected chi connectivity index (χ2v) is 7.49. The molecule has 0 atom stereocenters. The summed E-state index contributed by atoms with van der Waals surface area (Å²) in [6, 6.07) is 8.85. The minimum absolute atomic E-state index is 0.0957. The van der Waals surface area contributed by atoms with E-state index >= 15 is 0 Å². The third-order valence-corrected chi connectivity index (χ3v) is 5.59. The second-order valence-electron chi connectivity index (χ2n) is 7.49. The van der Waals surface area contributed by atoms with Crippen molar-refractivity contribution in [3.05, 3.63) is 29.8 Å². The van der Waals surface area contributed by atoms with Crippen molar-refractivity contribution in [1.29, 1.82) is 0 Å². The Kier molecular flexibility index (Phi) is 7.47. The largest absolute Gasteiger partial charge is 0.379 e. The molecule has 0 bridgehead atoms. The first-order chi connectivity index (χ1) is 12.7. The fourth-order valence-electron chi connectivity index (χ4n) is 4.04. The van der Waals surface area contributed by atoms with Crippen LogP contribution in [-0.4, -0.2) is 61.1 Å². The van der Waals surface area contributed by atoms with Crippen LogP contribution in [0.5, 0.6) is 0 Å². The molecule has 0 aromatic heterocycles. The summed E-state index contributed by atoms with van der Waals surface area (Å²) in [6.07, 6.45) is 6.41. The van der Waals surface area contributed by atoms with E-state index in [2.05, 4.69) is 34.2 Å². The maximum absolute atomic E-state index is 12.5. The summed E-state index contributed by atoms with van der Waals surface area (Å²) in [4.78, 5) is 17.2. The first-order valence-electron chi connectivity index (χ1n) is 10.2. The smallest absolute Gasteiger partial charge is 0.238 e. The van der Waals surface area contributed by atoms with Crippen LogP contribution in [0, 0.1) is 0 Å². The Labute approximate surface area is 157 Å². The van der Waals surface area contributed by atoms with Crippen molar-refractivity contribution in [3.63, 3.8) is 0 Å². The summed E-state index contributed by atoms with van der Waals surface area (Å²) >= 11 is 0. The number of hydrogen-bond donors (Lipinski definition) is 1. The Morgan fingerprint density at radius 3 is 2.50 bits per heavy atom. The molecule has 2 aliphatic rings. The Balaban J connectivity index is 1.47. The molecule has 1 amide bonds. The van der Waals surface area contributed by atoms with Crippen molar-refractivity contribution in [2.24, 2.45) is 0 Å². The van der Waals surface area contributed by atoms with E-state index in [1.165, 1.54) is 37.7 Å². The number of nitrogens with one attached hydrogen (secondary N) is 1. The molecule has 144 valence electrons. The van der Waals surface area contributed by atoms with Crippen molar-refractivity contribution in [2.45, 2.75) is 51.6 Å². The number of rotatable bonds is 7. The Morgan fingerprint density at radius 1 is 1.15 bits per heavy atom. The fraction of sp³-hybridized carbons (Fsp3) is 0.667. The summed E-state index contributed by atoms with van der Waals surface area (Å²) in [5.74, 6) is 0.0957. The molecule has 5 nitrogen and oxygen atoms in total. The summed E-state index contributed by atoms with van der Waals surface area (Å²) in [6.45, 7) is 8.17. The Hall–Kier alpha value is -1.43. The van der Waals surface area contributed by atoms with Crippen molar-refractivity contribution in [3.8, 4) is 0 Å². The van der Waals surface area contributed by atoms with E-state index in [9.17, 15) is 4.79 Å². The van der Waals surface area contributed by atoms with Crippen molar-refractivity contribution in [1.82, 2.24) is 9.80 Å². The second kappa shape index (κ2) is 10.0. The zero-order valence-electron chi connectivity index (χ0n) is 16.1. The molecule has 0 unspecified atom stereocenters. The summed E-state index contributed by atoms with van der Waals surface area (Å²) < 4.78 is 5.39. The normalized spacial score (nSPS) is 19.6. The van der Waals surface area contributed by atoms with Crippen LogP contribution in [-0.2, 0) is 16.1 Å².